The lowest BCUT2D eigenvalue weighted by atomic mass is 10.1. The van der Waals surface area contributed by atoms with Crippen molar-refractivity contribution in [2.24, 2.45) is 0 Å². The highest BCUT2D eigenvalue weighted by Crippen LogP contribution is 2.26. The van der Waals surface area contributed by atoms with Crippen LogP contribution in [0.3, 0.4) is 0 Å². The lowest BCUT2D eigenvalue weighted by Gasteiger charge is -2.08. The van der Waals surface area contributed by atoms with Gasteiger partial charge in [0.1, 0.15) is 5.69 Å². The van der Waals surface area contributed by atoms with Gasteiger partial charge in [0.15, 0.2) is 0 Å². The van der Waals surface area contributed by atoms with Gasteiger partial charge < -0.3 is 15.2 Å². The van der Waals surface area contributed by atoms with Crippen LogP contribution in [0, 0.1) is 6.92 Å². The minimum absolute atomic E-state index is 0.0693. The van der Waals surface area contributed by atoms with Crippen molar-refractivity contribution in [2.45, 2.75) is 6.92 Å². The fourth-order valence-corrected chi connectivity index (χ4v) is 3.25. The minimum Gasteiger partial charge on any atom is -0.350 e. The van der Waals surface area contributed by atoms with E-state index in [1.54, 1.807) is 49.6 Å². The molecule has 2 N–H and O–H groups in total. The van der Waals surface area contributed by atoms with Crippen molar-refractivity contribution >= 4 is 40.0 Å². The summed E-state index contributed by atoms with van der Waals surface area (Å²) in [5.41, 5.74) is 4.66. The monoisotopic (exact) mass is 406 g/mol. The lowest BCUT2D eigenvalue weighted by molar-refractivity contribution is 0.0823. The fraction of sp³-hybridized carbons (Fsp3) is 0.143. The number of nitrogens with one attached hydrogen (secondary N) is 2. The Hall–Kier alpha value is -3.45. The number of benzene rings is 1. The molecule has 146 valence electrons. The van der Waals surface area contributed by atoms with E-state index in [9.17, 15) is 4.79 Å². The Kier molecular flexibility index (Phi) is 4.90. The number of carbonyl (C=O) groups is 1. The minimum atomic E-state index is -0.0693. The van der Waals surface area contributed by atoms with Crippen molar-refractivity contribution < 1.29 is 4.79 Å². The summed E-state index contributed by atoms with van der Waals surface area (Å²) in [5.74, 6) is 0.378. The molecule has 1 amide bonds. The van der Waals surface area contributed by atoms with Gasteiger partial charge in [-0.3, -0.25) is 9.78 Å². The first kappa shape index (κ1) is 18.9. The molecule has 0 saturated heterocycles. The first-order valence-electron chi connectivity index (χ1n) is 8.98. The number of amides is 1. The zero-order valence-electron chi connectivity index (χ0n) is 16.2. The van der Waals surface area contributed by atoms with Gasteiger partial charge >= 0.3 is 0 Å². The van der Waals surface area contributed by atoms with Gasteiger partial charge in [-0.25, -0.2) is 9.97 Å². The van der Waals surface area contributed by atoms with Crippen molar-refractivity contribution in [1.29, 1.82) is 0 Å². The third-order valence-electron chi connectivity index (χ3n) is 4.46. The predicted molar refractivity (Wildman–Crippen MR) is 115 cm³/mol. The second kappa shape index (κ2) is 7.52. The quantitative estimate of drug-likeness (QED) is 0.523. The molecule has 8 heteroatoms. The van der Waals surface area contributed by atoms with E-state index in [2.05, 4.69) is 25.3 Å². The number of hydrogen-bond donors (Lipinski definition) is 2. The number of hydrogen-bond acceptors (Lipinski definition) is 5. The second-order valence-corrected chi connectivity index (χ2v) is 7.33. The molecule has 0 unspecified atom stereocenters. The summed E-state index contributed by atoms with van der Waals surface area (Å²) in [6, 6.07) is 11.0. The highest BCUT2D eigenvalue weighted by Gasteiger charge is 2.13. The number of H-pyrrole nitrogens is 1. The van der Waals surface area contributed by atoms with E-state index in [0.29, 0.717) is 28.1 Å². The number of halogens is 1. The zero-order chi connectivity index (χ0) is 20.5. The second-order valence-electron chi connectivity index (χ2n) is 6.89. The number of aromatic nitrogens is 4. The Labute approximate surface area is 172 Å². The van der Waals surface area contributed by atoms with Crippen LogP contribution in [0.4, 0.5) is 11.6 Å². The van der Waals surface area contributed by atoms with Crippen molar-refractivity contribution in [2.75, 3.05) is 19.4 Å². The topological polar surface area (TPSA) is 86.8 Å². The van der Waals surface area contributed by atoms with Crippen LogP contribution in [0.25, 0.3) is 22.3 Å². The standard InChI is InChI=1S/C21H19ClN6O/c1-12-8-15(9-13-10-18(26-19(12)13)20(29)28(2)3)25-21-24-7-5-16(27-21)17-11-14(22)4-6-23-17/h4-11,26H,1-3H3,(H,24,25,27). The SMILES string of the molecule is Cc1cc(Nc2nccc(-c3cc(Cl)ccn3)n2)cc2cc(C(=O)N(C)C)[nH]c12. The van der Waals surface area contributed by atoms with Crippen molar-refractivity contribution in [3.8, 4) is 11.4 Å². The molecule has 29 heavy (non-hydrogen) atoms. The van der Waals surface area contributed by atoms with Gasteiger partial charge in [0.25, 0.3) is 5.91 Å². The van der Waals surface area contributed by atoms with E-state index in [-0.39, 0.29) is 5.91 Å². The summed E-state index contributed by atoms with van der Waals surface area (Å²) >= 11 is 6.05. The average molecular weight is 407 g/mol. The van der Waals surface area contributed by atoms with Crippen LogP contribution < -0.4 is 5.32 Å². The average Bonchev–Trinajstić information content (AvgIpc) is 3.12. The van der Waals surface area contributed by atoms with Gasteiger partial charge in [0.2, 0.25) is 5.95 Å². The van der Waals surface area contributed by atoms with Gasteiger partial charge in [0, 0.05) is 48.1 Å². The van der Waals surface area contributed by atoms with Crippen LogP contribution in [0.1, 0.15) is 16.1 Å². The first-order valence-corrected chi connectivity index (χ1v) is 9.35. The smallest absolute Gasteiger partial charge is 0.269 e. The van der Waals surface area contributed by atoms with Gasteiger partial charge in [-0.05, 0) is 48.9 Å². The van der Waals surface area contributed by atoms with Crippen molar-refractivity contribution in [3.05, 3.63) is 65.1 Å². The zero-order valence-corrected chi connectivity index (χ0v) is 16.9. The van der Waals surface area contributed by atoms with Gasteiger partial charge in [-0.15, -0.1) is 0 Å². The van der Waals surface area contributed by atoms with Crippen LogP contribution in [-0.4, -0.2) is 44.8 Å². The predicted octanol–water partition coefficient (Wildman–Crippen LogP) is 4.43. The molecule has 1 aromatic carbocycles. The summed E-state index contributed by atoms with van der Waals surface area (Å²) in [7, 11) is 3.46. The van der Waals surface area contributed by atoms with E-state index in [1.165, 1.54) is 0 Å². The fourth-order valence-electron chi connectivity index (χ4n) is 3.09. The molecule has 0 aliphatic rings. The van der Waals surface area contributed by atoms with E-state index < -0.39 is 0 Å². The highest BCUT2D eigenvalue weighted by molar-refractivity contribution is 6.30. The van der Waals surface area contributed by atoms with E-state index in [0.717, 1.165) is 22.2 Å². The van der Waals surface area contributed by atoms with Crippen LogP contribution in [0.2, 0.25) is 5.02 Å². The third-order valence-corrected chi connectivity index (χ3v) is 4.69. The van der Waals surface area contributed by atoms with Crippen LogP contribution >= 0.6 is 11.6 Å². The molecule has 4 aromatic rings. The van der Waals surface area contributed by atoms with Gasteiger partial charge in [0.05, 0.1) is 11.4 Å². The maximum absolute atomic E-state index is 12.2. The molecule has 0 aliphatic carbocycles. The Morgan fingerprint density at radius 3 is 2.62 bits per heavy atom. The Morgan fingerprint density at radius 2 is 1.86 bits per heavy atom. The number of rotatable bonds is 4. The van der Waals surface area contributed by atoms with Crippen molar-refractivity contribution in [1.82, 2.24) is 24.8 Å². The number of fused-ring (bicyclic) bond motifs is 1. The lowest BCUT2D eigenvalue weighted by Crippen LogP contribution is -2.21. The molecule has 0 aliphatic heterocycles. The molecule has 0 spiro atoms. The Balaban J connectivity index is 1.66. The first-order chi connectivity index (χ1) is 13.9. The molecule has 7 nitrogen and oxygen atoms in total. The van der Waals surface area contributed by atoms with Crippen LogP contribution in [0.15, 0.2) is 48.8 Å². The Morgan fingerprint density at radius 1 is 1.07 bits per heavy atom. The highest BCUT2D eigenvalue weighted by atomic mass is 35.5. The third kappa shape index (κ3) is 3.90. The molecule has 0 saturated carbocycles. The molecule has 0 bridgehead atoms. The van der Waals surface area contributed by atoms with Crippen LogP contribution in [-0.2, 0) is 0 Å². The van der Waals surface area contributed by atoms with E-state index in [4.69, 9.17) is 11.6 Å². The Bertz CT molecular complexity index is 1220. The molecule has 0 atom stereocenters. The summed E-state index contributed by atoms with van der Waals surface area (Å²) in [5, 5.41) is 4.76. The normalized spacial score (nSPS) is 10.9. The number of pyridine rings is 1. The number of anilines is 2. The largest absolute Gasteiger partial charge is 0.350 e. The molecular formula is C21H19ClN6O. The molecule has 4 rings (SSSR count). The molecular weight excluding hydrogens is 388 g/mol. The van der Waals surface area contributed by atoms with Gasteiger partial charge in [-0.1, -0.05) is 11.6 Å². The molecule has 0 fully saturated rings. The van der Waals surface area contributed by atoms with Crippen molar-refractivity contribution in [3.63, 3.8) is 0 Å². The maximum Gasteiger partial charge on any atom is 0.269 e. The number of nitrogens with zero attached hydrogens (tertiary/aromatic N) is 4. The summed E-state index contributed by atoms with van der Waals surface area (Å²) in [4.78, 5) is 30.1. The number of aryl methyl sites for hydroxylation is 1. The summed E-state index contributed by atoms with van der Waals surface area (Å²) < 4.78 is 0. The molecule has 3 aromatic heterocycles. The molecule has 3 heterocycles. The van der Waals surface area contributed by atoms with Gasteiger partial charge in [-0.2, -0.15) is 0 Å². The summed E-state index contributed by atoms with van der Waals surface area (Å²) in [6.45, 7) is 1.99. The maximum atomic E-state index is 12.2. The number of carbonyl (C=O) groups excluding carboxylic acids is 1. The van der Waals surface area contributed by atoms with Crippen LogP contribution in [0.5, 0.6) is 0 Å². The number of aromatic amines is 1. The van der Waals surface area contributed by atoms with E-state index in [1.807, 2.05) is 25.1 Å². The summed E-state index contributed by atoms with van der Waals surface area (Å²) in [6.07, 6.45) is 3.31. The van der Waals surface area contributed by atoms with E-state index >= 15 is 0 Å². The molecule has 0 radical (unpaired) electrons.